The highest BCUT2D eigenvalue weighted by molar-refractivity contribution is 9.10. The van der Waals surface area contributed by atoms with E-state index in [2.05, 4.69) is 20.9 Å². The molecule has 0 aliphatic rings. The number of halogens is 5. The van der Waals surface area contributed by atoms with E-state index in [-0.39, 0.29) is 22.0 Å². The van der Waals surface area contributed by atoms with Gasteiger partial charge in [0, 0.05) is 16.2 Å². The maximum Gasteiger partial charge on any atom is 0.416 e. The largest absolute Gasteiger partial charge is 0.416 e. The lowest BCUT2D eigenvalue weighted by Crippen LogP contribution is -2.20. The maximum absolute atomic E-state index is 13.1. The van der Waals surface area contributed by atoms with Crippen molar-refractivity contribution in [3.63, 3.8) is 0 Å². The zero-order chi connectivity index (χ0) is 15.8. The van der Waals surface area contributed by atoms with Gasteiger partial charge in [0.2, 0.25) is 0 Å². The summed E-state index contributed by atoms with van der Waals surface area (Å²) in [6.45, 7) is 0. The second kappa shape index (κ2) is 5.82. The summed E-state index contributed by atoms with van der Waals surface area (Å²) in [7, 11) is 0. The zero-order valence-corrected chi connectivity index (χ0v) is 12.8. The fraction of sp³-hybridized carbons (Fsp3) is 0.154. The normalized spacial score (nSPS) is 13.2. The quantitative estimate of drug-likeness (QED) is 0.823. The zero-order valence-electron chi connectivity index (χ0n) is 10.5. The van der Waals surface area contributed by atoms with Crippen molar-refractivity contribution in [3.05, 3.63) is 56.6 Å². The van der Waals surface area contributed by atoms with Crippen molar-refractivity contribution in [2.24, 2.45) is 5.73 Å². The number of nitrogens with zero attached hydrogens (tertiary/aromatic N) is 1. The van der Waals surface area contributed by atoms with Crippen LogP contribution >= 0.6 is 27.5 Å². The Morgan fingerprint density at radius 2 is 1.86 bits per heavy atom. The van der Waals surface area contributed by atoms with E-state index in [0.717, 1.165) is 6.07 Å². The Morgan fingerprint density at radius 3 is 2.48 bits per heavy atom. The van der Waals surface area contributed by atoms with Crippen LogP contribution in [0.25, 0.3) is 0 Å². The summed E-state index contributed by atoms with van der Waals surface area (Å²) in [4.78, 5) is 3.81. The standard InChI is InChI=1S/C13H10BrClF3N3/c14-6-1-2-8(10(3-6)13(16,17)18)11(19)9-4-7(15)5-21-12(9)20/h1-5,11H,19H2,(H2,20,21). The summed E-state index contributed by atoms with van der Waals surface area (Å²) < 4.78 is 39.7. The molecule has 4 N–H and O–H groups in total. The minimum Gasteiger partial charge on any atom is -0.383 e. The molecule has 3 nitrogen and oxygen atoms in total. The molecule has 0 saturated heterocycles. The number of nitrogens with two attached hydrogens (primary N) is 2. The number of hydrogen-bond acceptors (Lipinski definition) is 3. The van der Waals surface area contributed by atoms with E-state index >= 15 is 0 Å². The van der Waals surface area contributed by atoms with Crippen LogP contribution in [0.3, 0.4) is 0 Å². The smallest absolute Gasteiger partial charge is 0.383 e. The van der Waals surface area contributed by atoms with Gasteiger partial charge in [-0.1, -0.05) is 33.6 Å². The van der Waals surface area contributed by atoms with Crippen LogP contribution in [0.5, 0.6) is 0 Å². The van der Waals surface area contributed by atoms with Gasteiger partial charge < -0.3 is 11.5 Å². The molecule has 2 rings (SSSR count). The van der Waals surface area contributed by atoms with Gasteiger partial charge in [0.05, 0.1) is 16.6 Å². The molecule has 1 aromatic heterocycles. The molecule has 1 heterocycles. The second-order valence-electron chi connectivity index (χ2n) is 4.34. The molecule has 0 spiro atoms. The third-order valence-electron chi connectivity index (χ3n) is 2.91. The summed E-state index contributed by atoms with van der Waals surface area (Å²) in [6.07, 6.45) is -3.23. The predicted octanol–water partition coefficient (Wildman–Crippen LogP) is 4.15. The minimum atomic E-state index is -4.53. The lowest BCUT2D eigenvalue weighted by molar-refractivity contribution is -0.138. The van der Waals surface area contributed by atoms with Crippen LogP contribution in [0.4, 0.5) is 19.0 Å². The summed E-state index contributed by atoms with van der Waals surface area (Å²) in [5, 5.41) is 0.250. The molecule has 0 aliphatic carbocycles. The molecule has 0 saturated carbocycles. The topological polar surface area (TPSA) is 64.9 Å². The third-order valence-corrected chi connectivity index (χ3v) is 3.61. The molecular formula is C13H10BrClF3N3. The van der Waals surface area contributed by atoms with Crippen molar-refractivity contribution in [2.75, 3.05) is 5.73 Å². The van der Waals surface area contributed by atoms with E-state index in [1.54, 1.807) is 0 Å². The Kier molecular flexibility index (Phi) is 4.46. The van der Waals surface area contributed by atoms with Gasteiger partial charge in [-0.2, -0.15) is 13.2 Å². The molecule has 0 bridgehead atoms. The molecule has 21 heavy (non-hydrogen) atoms. The molecule has 1 atom stereocenters. The Balaban J connectivity index is 2.58. The number of anilines is 1. The Labute approximate surface area is 132 Å². The number of pyridine rings is 1. The second-order valence-corrected chi connectivity index (χ2v) is 5.69. The van der Waals surface area contributed by atoms with Gasteiger partial charge in [-0.25, -0.2) is 4.98 Å². The van der Waals surface area contributed by atoms with Crippen molar-refractivity contribution < 1.29 is 13.2 Å². The molecule has 2 aromatic rings. The van der Waals surface area contributed by atoms with Crippen molar-refractivity contribution in [2.45, 2.75) is 12.2 Å². The average Bonchev–Trinajstić information content (AvgIpc) is 2.40. The van der Waals surface area contributed by atoms with Gasteiger partial charge in [-0.3, -0.25) is 0 Å². The molecule has 0 aliphatic heterocycles. The van der Waals surface area contributed by atoms with E-state index < -0.39 is 17.8 Å². The van der Waals surface area contributed by atoms with Crippen molar-refractivity contribution in [3.8, 4) is 0 Å². The van der Waals surface area contributed by atoms with Gasteiger partial charge in [0.25, 0.3) is 0 Å². The molecule has 1 aromatic carbocycles. The van der Waals surface area contributed by atoms with Crippen LogP contribution in [0.15, 0.2) is 34.9 Å². The van der Waals surface area contributed by atoms with E-state index in [1.165, 1.54) is 24.4 Å². The number of nitrogen functional groups attached to an aromatic ring is 1. The monoisotopic (exact) mass is 379 g/mol. The van der Waals surface area contributed by atoms with Gasteiger partial charge in [-0.15, -0.1) is 0 Å². The SMILES string of the molecule is Nc1ncc(Cl)cc1C(N)c1ccc(Br)cc1C(F)(F)F. The van der Waals surface area contributed by atoms with Gasteiger partial charge in [-0.05, 0) is 23.8 Å². The van der Waals surface area contributed by atoms with E-state index in [4.69, 9.17) is 23.1 Å². The predicted molar refractivity (Wildman–Crippen MR) is 78.8 cm³/mol. The van der Waals surface area contributed by atoms with Gasteiger partial charge >= 0.3 is 6.18 Å². The molecule has 0 radical (unpaired) electrons. The maximum atomic E-state index is 13.1. The van der Waals surface area contributed by atoms with E-state index in [9.17, 15) is 13.2 Å². The fourth-order valence-corrected chi connectivity index (χ4v) is 2.45. The highest BCUT2D eigenvalue weighted by Gasteiger charge is 2.35. The van der Waals surface area contributed by atoms with E-state index in [0.29, 0.717) is 4.47 Å². The molecule has 1 unspecified atom stereocenters. The Bertz CT molecular complexity index is 676. The first kappa shape index (κ1) is 16.1. The first-order chi connectivity index (χ1) is 9.70. The number of aromatic nitrogens is 1. The van der Waals surface area contributed by atoms with Gasteiger partial charge in [0.15, 0.2) is 0 Å². The van der Waals surface area contributed by atoms with Crippen LogP contribution in [0.2, 0.25) is 5.02 Å². The molecule has 0 amide bonds. The highest BCUT2D eigenvalue weighted by Crippen LogP contribution is 2.38. The first-order valence-electron chi connectivity index (χ1n) is 5.73. The van der Waals surface area contributed by atoms with Crippen molar-refractivity contribution in [1.82, 2.24) is 4.98 Å². The van der Waals surface area contributed by atoms with E-state index in [1.807, 2.05) is 0 Å². The van der Waals surface area contributed by atoms with Crippen LogP contribution in [0.1, 0.15) is 22.7 Å². The number of rotatable bonds is 2. The summed E-state index contributed by atoms with van der Waals surface area (Å²) in [5.74, 6) is 0.0444. The molecule has 112 valence electrons. The van der Waals surface area contributed by atoms with Crippen molar-refractivity contribution in [1.29, 1.82) is 0 Å². The minimum absolute atomic E-state index is 0.0444. The lowest BCUT2D eigenvalue weighted by Gasteiger charge is -2.20. The summed E-state index contributed by atoms with van der Waals surface area (Å²) >= 11 is 8.82. The summed E-state index contributed by atoms with van der Waals surface area (Å²) in [5.41, 5.74) is 10.9. The highest BCUT2D eigenvalue weighted by atomic mass is 79.9. The van der Waals surface area contributed by atoms with Crippen LogP contribution in [0, 0.1) is 0 Å². The van der Waals surface area contributed by atoms with Gasteiger partial charge in [0.1, 0.15) is 5.82 Å². The number of alkyl halides is 3. The Morgan fingerprint density at radius 1 is 1.19 bits per heavy atom. The third kappa shape index (κ3) is 3.48. The average molecular weight is 381 g/mol. The summed E-state index contributed by atoms with van der Waals surface area (Å²) in [6, 6.07) is 4.09. The number of hydrogen-bond donors (Lipinski definition) is 2. The Hall–Kier alpha value is -1.31. The van der Waals surface area contributed by atoms with Crippen LogP contribution < -0.4 is 11.5 Å². The van der Waals surface area contributed by atoms with Crippen LogP contribution in [-0.4, -0.2) is 4.98 Å². The van der Waals surface area contributed by atoms with Crippen LogP contribution in [-0.2, 0) is 6.18 Å². The van der Waals surface area contributed by atoms with Crippen molar-refractivity contribution >= 4 is 33.3 Å². The molecule has 8 heteroatoms. The number of benzene rings is 1. The lowest BCUT2D eigenvalue weighted by atomic mass is 9.95. The first-order valence-corrected chi connectivity index (χ1v) is 6.90. The molecular weight excluding hydrogens is 371 g/mol. The molecule has 0 fully saturated rings. The fourth-order valence-electron chi connectivity index (χ4n) is 1.93.